The largest absolute Gasteiger partial charge is 0.334 e. The van der Waals surface area contributed by atoms with Crippen molar-refractivity contribution in [3.63, 3.8) is 0 Å². The fourth-order valence-corrected chi connectivity index (χ4v) is 3.92. The highest BCUT2D eigenvalue weighted by Gasteiger charge is 2.26. The summed E-state index contributed by atoms with van der Waals surface area (Å²) in [6, 6.07) is 12.9. The number of para-hydroxylation sites is 1. The van der Waals surface area contributed by atoms with Crippen molar-refractivity contribution in [2.75, 3.05) is 0 Å². The molecule has 1 fully saturated rings. The van der Waals surface area contributed by atoms with Gasteiger partial charge in [0.15, 0.2) is 5.16 Å². The van der Waals surface area contributed by atoms with Gasteiger partial charge < -0.3 is 5.32 Å². The summed E-state index contributed by atoms with van der Waals surface area (Å²) < 4.78 is 1.97. The molecule has 8 nitrogen and oxygen atoms in total. The maximum atomic E-state index is 11.7. The van der Waals surface area contributed by atoms with Crippen molar-refractivity contribution in [3.05, 3.63) is 66.2 Å². The molecule has 1 aromatic carbocycles. The van der Waals surface area contributed by atoms with E-state index in [0.29, 0.717) is 18.0 Å². The summed E-state index contributed by atoms with van der Waals surface area (Å²) in [5.74, 6) is 1.12. The minimum atomic E-state index is -0.474. The molecular formula is C19H18N6O2S. The Labute approximate surface area is 165 Å². The van der Waals surface area contributed by atoms with Crippen LogP contribution in [0.5, 0.6) is 0 Å². The number of carbonyl (C=O) groups is 2. The van der Waals surface area contributed by atoms with Gasteiger partial charge in [-0.25, -0.2) is 4.79 Å². The molecule has 2 N–H and O–H groups in total. The average Bonchev–Trinajstić information content (AvgIpc) is 3.09. The first-order valence-corrected chi connectivity index (χ1v) is 9.79. The van der Waals surface area contributed by atoms with Crippen molar-refractivity contribution in [1.82, 2.24) is 30.4 Å². The van der Waals surface area contributed by atoms with Crippen LogP contribution in [0.3, 0.4) is 0 Å². The third-order valence-electron chi connectivity index (χ3n) is 4.25. The van der Waals surface area contributed by atoms with Crippen molar-refractivity contribution >= 4 is 23.7 Å². The Balaban J connectivity index is 1.60. The zero-order chi connectivity index (χ0) is 19.3. The molecule has 0 aliphatic carbocycles. The number of pyridine rings is 1. The molecule has 0 saturated carbocycles. The third kappa shape index (κ3) is 4.20. The second-order valence-corrected chi connectivity index (χ2v) is 7.29. The highest BCUT2D eigenvalue weighted by molar-refractivity contribution is 7.98. The van der Waals surface area contributed by atoms with Crippen LogP contribution in [0, 0.1) is 0 Å². The van der Waals surface area contributed by atoms with E-state index in [1.54, 1.807) is 18.0 Å². The summed E-state index contributed by atoms with van der Waals surface area (Å²) in [6.45, 7) is 0. The van der Waals surface area contributed by atoms with Crippen LogP contribution in [0.15, 0.2) is 60.0 Å². The number of thioether (sulfide) groups is 1. The van der Waals surface area contributed by atoms with Crippen LogP contribution in [0.4, 0.5) is 4.79 Å². The van der Waals surface area contributed by atoms with Crippen LogP contribution in [-0.4, -0.2) is 37.7 Å². The summed E-state index contributed by atoms with van der Waals surface area (Å²) in [7, 11) is 0. The molecule has 1 saturated heterocycles. The summed E-state index contributed by atoms with van der Waals surface area (Å²) in [4.78, 5) is 27.4. The van der Waals surface area contributed by atoms with E-state index in [0.717, 1.165) is 16.4 Å². The number of benzene rings is 1. The van der Waals surface area contributed by atoms with Crippen LogP contribution in [-0.2, 0) is 17.0 Å². The minimum absolute atomic E-state index is 0.214. The Morgan fingerprint density at radius 1 is 1.11 bits per heavy atom. The number of imide groups is 1. The van der Waals surface area contributed by atoms with E-state index in [-0.39, 0.29) is 18.4 Å². The predicted molar refractivity (Wildman–Crippen MR) is 104 cm³/mol. The van der Waals surface area contributed by atoms with Gasteiger partial charge in [-0.3, -0.25) is 19.7 Å². The zero-order valence-corrected chi connectivity index (χ0v) is 15.7. The van der Waals surface area contributed by atoms with Crippen molar-refractivity contribution in [2.45, 2.75) is 29.8 Å². The molecule has 2 aromatic heterocycles. The van der Waals surface area contributed by atoms with Crippen LogP contribution in [0.1, 0.15) is 17.8 Å². The van der Waals surface area contributed by atoms with Gasteiger partial charge in [-0.1, -0.05) is 36.0 Å². The van der Waals surface area contributed by atoms with E-state index in [1.807, 2.05) is 53.2 Å². The summed E-state index contributed by atoms with van der Waals surface area (Å²) in [6.07, 6.45) is 4.20. The predicted octanol–water partition coefficient (Wildman–Crippen LogP) is 2.10. The first-order chi connectivity index (χ1) is 13.7. The summed E-state index contributed by atoms with van der Waals surface area (Å²) in [5.41, 5.74) is 2.02. The van der Waals surface area contributed by atoms with E-state index in [2.05, 4.69) is 25.8 Å². The quantitative estimate of drug-likeness (QED) is 0.621. The number of nitrogens with zero attached hydrogens (tertiary/aromatic N) is 4. The van der Waals surface area contributed by atoms with E-state index >= 15 is 0 Å². The number of hydrogen-bond donors (Lipinski definition) is 2. The molecule has 1 aliphatic heterocycles. The molecule has 4 rings (SSSR count). The molecule has 0 radical (unpaired) electrons. The maximum absolute atomic E-state index is 11.7. The highest BCUT2D eigenvalue weighted by Crippen LogP contribution is 2.25. The second kappa shape index (κ2) is 8.22. The molecule has 3 amide bonds. The number of amides is 3. The van der Waals surface area contributed by atoms with Crippen LogP contribution < -0.4 is 10.6 Å². The Hall–Kier alpha value is -3.20. The van der Waals surface area contributed by atoms with Gasteiger partial charge in [0.25, 0.3) is 0 Å². The number of carbonyl (C=O) groups excluding carboxylic acids is 2. The Morgan fingerprint density at radius 3 is 2.71 bits per heavy atom. The minimum Gasteiger partial charge on any atom is -0.334 e. The van der Waals surface area contributed by atoms with Crippen molar-refractivity contribution < 1.29 is 9.59 Å². The third-order valence-corrected chi connectivity index (χ3v) is 5.25. The highest BCUT2D eigenvalue weighted by atomic mass is 32.2. The number of urea groups is 1. The molecule has 1 unspecified atom stereocenters. The molecule has 0 bridgehead atoms. The lowest BCUT2D eigenvalue weighted by molar-refractivity contribution is -0.121. The lowest BCUT2D eigenvalue weighted by Crippen LogP contribution is -2.53. The molecule has 0 spiro atoms. The monoisotopic (exact) mass is 394 g/mol. The van der Waals surface area contributed by atoms with Gasteiger partial charge in [0.05, 0.1) is 0 Å². The Morgan fingerprint density at radius 2 is 1.96 bits per heavy atom. The van der Waals surface area contributed by atoms with Gasteiger partial charge in [0, 0.05) is 42.7 Å². The van der Waals surface area contributed by atoms with E-state index < -0.39 is 6.03 Å². The van der Waals surface area contributed by atoms with Gasteiger partial charge in [0.1, 0.15) is 5.82 Å². The first kappa shape index (κ1) is 18.2. The number of nitrogens with one attached hydrogen (secondary N) is 2. The fraction of sp³-hybridized carbons (Fsp3) is 0.211. The van der Waals surface area contributed by atoms with E-state index in [4.69, 9.17) is 0 Å². The fourth-order valence-electron chi connectivity index (χ4n) is 3.01. The number of aromatic nitrogens is 4. The van der Waals surface area contributed by atoms with E-state index in [1.165, 1.54) is 0 Å². The molecule has 142 valence electrons. The van der Waals surface area contributed by atoms with Crippen molar-refractivity contribution in [1.29, 1.82) is 0 Å². The van der Waals surface area contributed by atoms with Crippen molar-refractivity contribution in [3.8, 4) is 5.69 Å². The second-order valence-electron chi connectivity index (χ2n) is 6.35. The average molecular weight is 394 g/mol. The van der Waals surface area contributed by atoms with Crippen LogP contribution in [0.25, 0.3) is 5.69 Å². The van der Waals surface area contributed by atoms with Gasteiger partial charge in [-0.15, -0.1) is 10.2 Å². The molecule has 9 heteroatoms. The lowest BCUT2D eigenvalue weighted by Gasteiger charge is -2.23. The van der Waals surface area contributed by atoms with Crippen molar-refractivity contribution in [2.24, 2.45) is 0 Å². The smallest absolute Gasteiger partial charge is 0.321 e. The molecule has 1 aliphatic rings. The standard InChI is InChI=1S/C19H18N6O2S/c26-17-10-14(21-18(27)22-17)9-16-23-24-19(25(16)15-6-2-1-3-7-15)28-12-13-5-4-8-20-11-13/h1-8,11,14H,9-10,12H2,(H2,21,22,26,27). The normalized spacial score (nSPS) is 16.5. The number of rotatable bonds is 6. The van der Waals surface area contributed by atoms with Crippen LogP contribution >= 0.6 is 11.8 Å². The van der Waals surface area contributed by atoms with E-state index in [9.17, 15) is 9.59 Å². The number of hydrogen-bond acceptors (Lipinski definition) is 6. The Kier molecular flexibility index (Phi) is 5.34. The molecule has 3 heterocycles. The van der Waals surface area contributed by atoms with Gasteiger partial charge >= 0.3 is 6.03 Å². The summed E-state index contributed by atoms with van der Waals surface area (Å²) >= 11 is 1.56. The first-order valence-electron chi connectivity index (χ1n) is 8.81. The van der Waals surface area contributed by atoms with Gasteiger partial charge in [-0.05, 0) is 23.8 Å². The molecular weight excluding hydrogens is 376 g/mol. The van der Waals surface area contributed by atoms with Gasteiger partial charge in [-0.2, -0.15) is 0 Å². The SMILES string of the molecule is O=C1CC(Cc2nnc(SCc3cccnc3)n2-c2ccccc2)NC(=O)N1. The van der Waals surface area contributed by atoms with Gasteiger partial charge in [0.2, 0.25) is 5.91 Å². The summed E-state index contributed by atoms with van der Waals surface area (Å²) in [5, 5.41) is 14.5. The molecule has 3 aromatic rings. The van der Waals surface area contributed by atoms with Crippen LogP contribution in [0.2, 0.25) is 0 Å². The molecule has 28 heavy (non-hydrogen) atoms. The molecule has 1 atom stereocenters. The Bertz CT molecular complexity index is 961. The zero-order valence-electron chi connectivity index (χ0n) is 14.9. The maximum Gasteiger partial charge on any atom is 0.321 e. The topological polar surface area (TPSA) is 102 Å². The lowest BCUT2D eigenvalue weighted by atomic mass is 10.1.